The van der Waals surface area contributed by atoms with Crippen molar-refractivity contribution in [2.45, 2.75) is 19.4 Å². The van der Waals surface area contributed by atoms with Crippen LogP contribution in [0.4, 0.5) is 0 Å². The van der Waals surface area contributed by atoms with E-state index in [-0.39, 0.29) is 26.2 Å². The normalized spacial score (nSPS) is 11.3. The smallest absolute Gasteiger partial charge is 1.00 e. The van der Waals surface area contributed by atoms with Gasteiger partial charge in [0, 0.05) is 5.56 Å². The Morgan fingerprint density at radius 1 is 1.12 bits per heavy atom. The van der Waals surface area contributed by atoms with Gasteiger partial charge in [-0.05, 0) is 48.1 Å². The van der Waals surface area contributed by atoms with E-state index in [0.29, 0.717) is 17.7 Å². The average Bonchev–Trinajstić information content (AvgIpc) is 2.58. The number of carboxylic acids is 1. The van der Waals surface area contributed by atoms with Crippen LogP contribution < -0.4 is 24.2 Å². The van der Waals surface area contributed by atoms with Crippen LogP contribution in [-0.4, -0.2) is 35.0 Å². The Labute approximate surface area is 166 Å². The van der Waals surface area contributed by atoms with Crippen molar-refractivity contribution < 1.29 is 35.0 Å². The number of aryl methyl sites for hydroxylation is 1. The van der Waals surface area contributed by atoms with Gasteiger partial charge in [0.05, 0.1) is 0 Å². The summed E-state index contributed by atoms with van der Waals surface area (Å²) in [6, 6.07) is 14.2. The van der Waals surface area contributed by atoms with E-state index in [2.05, 4.69) is 5.32 Å². The van der Waals surface area contributed by atoms with Crippen molar-refractivity contribution in [3.63, 3.8) is 0 Å². The summed E-state index contributed by atoms with van der Waals surface area (Å²) >= 11 is 1.56. The minimum atomic E-state index is -1.01. The number of amides is 1. The summed E-state index contributed by atoms with van der Waals surface area (Å²) < 4.78 is 0. The molecule has 2 rings (SSSR count). The van der Waals surface area contributed by atoms with Crippen molar-refractivity contribution >= 4 is 23.6 Å². The zero-order chi connectivity index (χ0) is 17.5. The first-order chi connectivity index (χ1) is 11.5. The van der Waals surface area contributed by atoms with Gasteiger partial charge in [0.25, 0.3) is 5.91 Å². The van der Waals surface area contributed by atoms with Crippen molar-refractivity contribution in [2.75, 3.05) is 12.0 Å². The molecule has 1 amide bonds. The Morgan fingerprint density at radius 2 is 1.72 bits per heavy atom. The van der Waals surface area contributed by atoms with Crippen LogP contribution in [0.15, 0.2) is 48.5 Å². The van der Waals surface area contributed by atoms with Crippen LogP contribution in [0.2, 0.25) is 0 Å². The topological polar surface area (TPSA) is 66.4 Å². The van der Waals surface area contributed by atoms with E-state index >= 15 is 0 Å². The van der Waals surface area contributed by atoms with E-state index in [1.807, 2.05) is 49.6 Å². The standard InChI is InChI=1S/C19H21NO3S.Li.H/c1-13-7-3-4-8-14(13)15-9-5-6-10-16(15)18(21)20-17(19(22)23)11-12-24-2;;/h3-10,17H,11-12H2,1-2H3,(H,20,21)(H,22,23);;/q;+1;-1/t17-;;/m0../s1. The fraction of sp³-hybridized carbons (Fsp3) is 0.263. The maximum Gasteiger partial charge on any atom is 1.00 e. The molecule has 0 heterocycles. The average molecular weight is 351 g/mol. The van der Waals surface area contributed by atoms with Gasteiger partial charge in [-0.1, -0.05) is 42.5 Å². The number of hydrogen-bond donors (Lipinski definition) is 2. The number of carbonyl (C=O) groups excluding carboxylic acids is 1. The van der Waals surface area contributed by atoms with E-state index in [9.17, 15) is 14.7 Å². The zero-order valence-corrected chi connectivity index (χ0v) is 15.6. The molecule has 0 saturated carbocycles. The van der Waals surface area contributed by atoms with Crippen LogP contribution in [0.1, 0.15) is 23.8 Å². The molecule has 128 valence electrons. The Bertz CT molecular complexity index is 742. The summed E-state index contributed by atoms with van der Waals surface area (Å²) in [6.45, 7) is 1.99. The second kappa shape index (κ2) is 10.3. The third-order valence-electron chi connectivity index (χ3n) is 3.82. The maximum absolute atomic E-state index is 12.6. The van der Waals surface area contributed by atoms with Gasteiger partial charge in [-0.3, -0.25) is 4.79 Å². The number of nitrogens with one attached hydrogen (secondary N) is 1. The Balaban J connectivity index is 0.00000312. The van der Waals surface area contributed by atoms with Crippen molar-refractivity contribution in [3.05, 3.63) is 59.7 Å². The molecule has 0 radical (unpaired) electrons. The Hall–Kier alpha value is -1.67. The molecule has 2 aromatic carbocycles. The van der Waals surface area contributed by atoms with Crippen LogP contribution in [0.5, 0.6) is 0 Å². The monoisotopic (exact) mass is 351 g/mol. The predicted molar refractivity (Wildman–Crippen MR) is 99.6 cm³/mol. The molecular weight excluding hydrogens is 329 g/mol. The first-order valence-corrected chi connectivity index (χ1v) is 9.11. The molecule has 4 nitrogen and oxygen atoms in total. The quantitative estimate of drug-likeness (QED) is 0.722. The minimum Gasteiger partial charge on any atom is -1.00 e. The third-order valence-corrected chi connectivity index (χ3v) is 4.46. The van der Waals surface area contributed by atoms with E-state index in [1.54, 1.807) is 23.9 Å². The number of aliphatic carboxylic acids is 1. The van der Waals surface area contributed by atoms with E-state index in [1.165, 1.54) is 0 Å². The summed E-state index contributed by atoms with van der Waals surface area (Å²) in [7, 11) is 0. The van der Waals surface area contributed by atoms with Gasteiger partial charge in [0.2, 0.25) is 0 Å². The van der Waals surface area contributed by atoms with Crippen molar-refractivity contribution in [1.82, 2.24) is 5.32 Å². The first kappa shape index (κ1) is 21.4. The van der Waals surface area contributed by atoms with Gasteiger partial charge in [-0.15, -0.1) is 0 Å². The molecule has 0 fully saturated rings. The zero-order valence-electron chi connectivity index (χ0n) is 15.8. The van der Waals surface area contributed by atoms with Gasteiger partial charge in [0.1, 0.15) is 6.04 Å². The van der Waals surface area contributed by atoms with E-state index in [0.717, 1.165) is 16.7 Å². The molecule has 0 bridgehead atoms. The molecule has 1 atom stereocenters. The largest absolute Gasteiger partial charge is 1.00 e. The molecular formula is C19H22LiNO3S. The minimum absolute atomic E-state index is 0. The van der Waals surface area contributed by atoms with Crippen LogP contribution in [-0.2, 0) is 4.79 Å². The second-order valence-electron chi connectivity index (χ2n) is 5.51. The fourth-order valence-corrected chi connectivity index (χ4v) is 2.99. The molecule has 0 spiro atoms. The molecule has 0 aromatic heterocycles. The third kappa shape index (κ3) is 5.67. The fourth-order valence-electron chi connectivity index (χ4n) is 2.52. The van der Waals surface area contributed by atoms with Gasteiger partial charge < -0.3 is 11.8 Å². The molecule has 6 heteroatoms. The van der Waals surface area contributed by atoms with Crippen molar-refractivity contribution in [1.29, 1.82) is 0 Å². The molecule has 2 aromatic rings. The van der Waals surface area contributed by atoms with E-state index in [4.69, 9.17) is 0 Å². The Kier molecular flexibility index (Phi) is 8.85. The number of carbonyl (C=O) groups is 2. The van der Waals surface area contributed by atoms with Crippen LogP contribution in [0.3, 0.4) is 0 Å². The molecule has 0 aliphatic rings. The Morgan fingerprint density at radius 3 is 2.32 bits per heavy atom. The van der Waals surface area contributed by atoms with Crippen LogP contribution >= 0.6 is 11.8 Å². The van der Waals surface area contributed by atoms with Gasteiger partial charge in [-0.25, -0.2) is 4.79 Å². The number of thioether (sulfide) groups is 1. The molecule has 0 aliphatic heterocycles. The van der Waals surface area contributed by atoms with Gasteiger partial charge in [-0.2, -0.15) is 11.8 Å². The predicted octanol–water partition coefficient (Wildman–Crippen LogP) is 0.715. The summed E-state index contributed by atoms with van der Waals surface area (Å²) in [6.07, 6.45) is 2.31. The van der Waals surface area contributed by atoms with E-state index < -0.39 is 12.0 Å². The second-order valence-corrected chi connectivity index (χ2v) is 6.49. The molecule has 0 saturated heterocycles. The van der Waals surface area contributed by atoms with Crippen LogP contribution in [0, 0.1) is 6.92 Å². The molecule has 0 aliphatic carbocycles. The summed E-state index contributed by atoms with van der Waals surface area (Å²) in [5, 5.41) is 11.9. The SMILES string of the molecule is CSCC[C@H](NC(=O)c1ccccc1-c1ccccc1C)C(=O)O.[H-].[Li+]. The summed E-state index contributed by atoms with van der Waals surface area (Å²) in [4.78, 5) is 24.0. The van der Waals surface area contributed by atoms with Gasteiger partial charge >= 0.3 is 24.8 Å². The molecule has 25 heavy (non-hydrogen) atoms. The molecule has 2 N–H and O–H groups in total. The summed E-state index contributed by atoms with van der Waals surface area (Å²) in [5.74, 6) is -0.690. The number of carboxylic acid groups (broad SMARTS) is 1. The first-order valence-electron chi connectivity index (χ1n) is 7.72. The van der Waals surface area contributed by atoms with Crippen molar-refractivity contribution in [2.24, 2.45) is 0 Å². The van der Waals surface area contributed by atoms with Gasteiger partial charge in [0.15, 0.2) is 0 Å². The number of rotatable bonds is 7. The van der Waals surface area contributed by atoms with Crippen LogP contribution in [0.25, 0.3) is 11.1 Å². The summed E-state index contributed by atoms with van der Waals surface area (Å²) in [5.41, 5.74) is 3.33. The number of benzene rings is 2. The van der Waals surface area contributed by atoms with Crippen molar-refractivity contribution in [3.8, 4) is 11.1 Å². The maximum atomic E-state index is 12.6. The number of hydrogen-bond acceptors (Lipinski definition) is 3. The molecule has 0 unspecified atom stereocenters.